The van der Waals surface area contributed by atoms with Crippen molar-refractivity contribution in [3.63, 3.8) is 0 Å². The number of pyridine rings is 1. The van der Waals surface area contributed by atoms with Gasteiger partial charge in [0.1, 0.15) is 5.82 Å². The molecule has 1 unspecified atom stereocenters. The first-order chi connectivity index (χ1) is 9.72. The van der Waals surface area contributed by atoms with Crippen LogP contribution in [0.25, 0.3) is 0 Å². The lowest BCUT2D eigenvalue weighted by Gasteiger charge is -2.20. The molecular formula is C15H18N4O. The fourth-order valence-corrected chi connectivity index (χ4v) is 2.68. The Morgan fingerprint density at radius 3 is 3.25 bits per heavy atom. The molecule has 1 aliphatic carbocycles. The number of aromatic amines is 1. The van der Waals surface area contributed by atoms with Gasteiger partial charge in [-0.3, -0.25) is 9.78 Å². The number of fused-ring (bicyclic) bond motifs is 1. The number of aromatic nitrogens is 3. The molecule has 2 heterocycles. The van der Waals surface area contributed by atoms with Gasteiger partial charge in [0.2, 0.25) is 5.91 Å². The summed E-state index contributed by atoms with van der Waals surface area (Å²) in [6.07, 6.45) is 6.02. The monoisotopic (exact) mass is 270 g/mol. The number of carbonyl (C=O) groups excluding carboxylic acids is 1. The van der Waals surface area contributed by atoms with Crippen LogP contribution in [-0.2, 0) is 24.2 Å². The van der Waals surface area contributed by atoms with Gasteiger partial charge in [0.15, 0.2) is 0 Å². The summed E-state index contributed by atoms with van der Waals surface area (Å²) >= 11 is 0. The molecule has 2 aromatic heterocycles. The third-order valence-electron chi connectivity index (χ3n) is 3.72. The summed E-state index contributed by atoms with van der Waals surface area (Å²) in [6.45, 7) is 2.49. The second-order valence-corrected chi connectivity index (χ2v) is 5.27. The topological polar surface area (TPSA) is 70.7 Å². The molecule has 0 saturated carbocycles. The van der Waals surface area contributed by atoms with Crippen LogP contribution in [0, 0.1) is 12.8 Å². The van der Waals surface area contributed by atoms with Gasteiger partial charge in [-0.15, -0.1) is 0 Å². The van der Waals surface area contributed by atoms with Crippen LogP contribution in [0.1, 0.15) is 29.2 Å². The summed E-state index contributed by atoms with van der Waals surface area (Å²) in [4.78, 5) is 24.0. The van der Waals surface area contributed by atoms with Gasteiger partial charge in [-0.05, 0) is 31.4 Å². The van der Waals surface area contributed by atoms with Crippen LogP contribution >= 0.6 is 0 Å². The van der Waals surface area contributed by atoms with Gasteiger partial charge in [-0.2, -0.15) is 0 Å². The Morgan fingerprint density at radius 2 is 2.45 bits per heavy atom. The number of hydrogen-bond donors (Lipinski definition) is 2. The molecule has 0 aromatic carbocycles. The van der Waals surface area contributed by atoms with Gasteiger partial charge in [0, 0.05) is 37.0 Å². The highest BCUT2D eigenvalue weighted by Crippen LogP contribution is 2.23. The molecular weight excluding hydrogens is 252 g/mol. The zero-order valence-corrected chi connectivity index (χ0v) is 11.5. The number of nitrogens with zero attached hydrogens (tertiary/aromatic N) is 2. The molecule has 1 atom stereocenters. The first-order valence-electron chi connectivity index (χ1n) is 6.93. The predicted molar refractivity (Wildman–Crippen MR) is 74.9 cm³/mol. The minimum absolute atomic E-state index is 0.0408. The van der Waals surface area contributed by atoms with Gasteiger partial charge in [0.05, 0.1) is 5.69 Å². The highest BCUT2D eigenvalue weighted by atomic mass is 16.1. The summed E-state index contributed by atoms with van der Waals surface area (Å²) in [6, 6.07) is 3.84. The maximum Gasteiger partial charge on any atom is 0.223 e. The maximum atomic E-state index is 12.2. The van der Waals surface area contributed by atoms with E-state index in [1.54, 1.807) is 12.4 Å². The van der Waals surface area contributed by atoms with Crippen molar-refractivity contribution in [3.8, 4) is 0 Å². The van der Waals surface area contributed by atoms with E-state index in [1.807, 2.05) is 19.1 Å². The van der Waals surface area contributed by atoms with Crippen molar-refractivity contribution in [1.29, 1.82) is 0 Å². The standard InChI is InChI=1S/C15H18N4O/c1-10-18-13-5-4-12(7-14(13)19-10)15(20)17-9-11-3-2-6-16-8-11/h2-3,6,8,12H,4-5,7,9H2,1H3,(H,17,20)(H,18,19). The van der Waals surface area contributed by atoms with E-state index in [4.69, 9.17) is 0 Å². The van der Waals surface area contributed by atoms with E-state index in [0.717, 1.165) is 42.0 Å². The molecule has 0 spiro atoms. The second-order valence-electron chi connectivity index (χ2n) is 5.27. The second kappa shape index (κ2) is 5.45. The third-order valence-corrected chi connectivity index (χ3v) is 3.72. The summed E-state index contributed by atoms with van der Waals surface area (Å²) in [5.74, 6) is 1.09. The average molecular weight is 270 g/mol. The summed E-state index contributed by atoms with van der Waals surface area (Å²) in [5, 5.41) is 2.99. The van der Waals surface area contributed by atoms with Crippen molar-refractivity contribution in [2.75, 3.05) is 0 Å². The molecule has 104 valence electrons. The summed E-state index contributed by atoms with van der Waals surface area (Å²) in [7, 11) is 0. The normalized spacial score (nSPS) is 17.6. The number of amides is 1. The lowest BCUT2D eigenvalue weighted by Crippen LogP contribution is -2.33. The number of aryl methyl sites for hydroxylation is 2. The van der Waals surface area contributed by atoms with E-state index >= 15 is 0 Å². The van der Waals surface area contributed by atoms with Crippen LogP contribution in [0.4, 0.5) is 0 Å². The Morgan fingerprint density at radius 1 is 1.55 bits per heavy atom. The molecule has 0 radical (unpaired) electrons. The van der Waals surface area contributed by atoms with E-state index in [-0.39, 0.29) is 11.8 Å². The third kappa shape index (κ3) is 2.71. The molecule has 0 bridgehead atoms. The summed E-state index contributed by atoms with van der Waals surface area (Å²) in [5.41, 5.74) is 3.27. The first-order valence-corrected chi connectivity index (χ1v) is 6.93. The Labute approximate surface area is 117 Å². The molecule has 1 amide bonds. The van der Waals surface area contributed by atoms with E-state index in [0.29, 0.717) is 6.54 Å². The Balaban J connectivity index is 1.59. The molecule has 0 fully saturated rings. The molecule has 2 N–H and O–H groups in total. The molecule has 5 nitrogen and oxygen atoms in total. The van der Waals surface area contributed by atoms with Gasteiger partial charge >= 0.3 is 0 Å². The number of imidazole rings is 1. The van der Waals surface area contributed by atoms with Gasteiger partial charge in [-0.25, -0.2) is 4.98 Å². The molecule has 3 rings (SSSR count). The number of carbonyl (C=O) groups is 1. The van der Waals surface area contributed by atoms with Crippen LogP contribution < -0.4 is 5.32 Å². The molecule has 0 saturated heterocycles. The largest absolute Gasteiger partial charge is 0.352 e. The van der Waals surface area contributed by atoms with E-state index < -0.39 is 0 Å². The fraction of sp³-hybridized carbons (Fsp3) is 0.400. The van der Waals surface area contributed by atoms with E-state index in [1.165, 1.54) is 0 Å². The van der Waals surface area contributed by atoms with Gasteiger partial charge in [0.25, 0.3) is 0 Å². The smallest absolute Gasteiger partial charge is 0.223 e. The minimum Gasteiger partial charge on any atom is -0.352 e. The Hall–Kier alpha value is -2.17. The number of hydrogen-bond acceptors (Lipinski definition) is 3. The van der Waals surface area contributed by atoms with Crippen LogP contribution in [0.15, 0.2) is 24.5 Å². The lowest BCUT2D eigenvalue weighted by molar-refractivity contribution is -0.125. The molecule has 1 aliphatic rings. The molecule has 20 heavy (non-hydrogen) atoms. The van der Waals surface area contributed by atoms with Crippen LogP contribution in [-0.4, -0.2) is 20.9 Å². The lowest BCUT2D eigenvalue weighted by atomic mass is 9.89. The van der Waals surface area contributed by atoms with Crippen LogP contribution in [0.2, 0.25) is 0 Å². The molecule has 0 aliphatic heterocycles. The van der Waals surface area contributed by atoms with Crippen molar-refractivity contribution >= 4 is 5.91 Å². The van der Waals surface area contributed by atoms with Crippen LogP contribution in [0.5, 0.6) is 0 Å². The van der Waals surface area contributed by atoms with E-state index in [2.05, 4.69) is 20.3 Å². The van der Waals surface area contributed by atoms with Crippen molar-refractivity contribution in [2.24, 2.45) is 5.92 Å². The predicted octanol–water partition coefficient (Wildman–Crippen LogP) is 1.53. The zero-order valence-electron chi connectivity index (χ0n) is 11.5. The SMILES string of the molecule is Cc1nc2c([nH]1)CC(C(=O)NCc1cccnc1)CC2. The first kappa shape index (κ1) is 12.8. The van der Waals surface area contributed by atoms with Crippen LogP contribution in [0.3, 0.4) is 0 Å². The number of nitrogens with one attached hydrogen (secondary N) is 2. The number of rotatable bonds is 3. The fourth-order valence-electron chi connectivity index (χ4n) is 2.68. The highest BCUT2D eigenvalue weighted by Gasteiger charge is 2.26. The zero-order chi connectivity index (χ0) is 13.9. The molecule has 2 aromatic rings. The van der Waals surface area contributed by atoms with Crippen molar-refractivity contribution in [2.45, 2.75) is 32.7 Å². The van der Waals surface area contributed by atoms with Gasteiger partial charge in [-0.1, -0.05) is 6.07 Å². The number of H-pyrrole nitrogens is 1. The highest BCUT2D eigenvalue weighted by molar-refractivity contribution is 5.79. The van der Waals surface area contributed by atoms with Crippen molar-refractivity contribution < 1.29 is 4.79 Å². The molecule has 5 heteroatoms. The quantitative estimate of drug-likeness (QED) is 0.888. The van der Waals surface area contributed by atoms with Crippen molar-refractivity contribution in [1.82, 2.24) is 20.3 Å². The van der Waals surface area contributed by atoms with Crippen molar-refractivity contribution in [3.05, 3.63) is 47.3 Å². The Bertz CT molecular complexity index is 606. The summed E-state index contributed by atoms with van der Waals surface area (Å²) < 4.78 is 0. The van der Waals surface area contributed by atoms with E-state index in [9.17, 15) is 4.79 Å². The maximum absolute atomic E-state index is 12.2. The minimum atomic E-state index is 0.0408. The Kier molecular flexibility index (Phi) is 3.50. The van der Waals surface area contributed by atoms with Gasteiger partial charge < -0.3 is 10.3 Å². The average Bonchev–Trinajstić information content (AvgIpc) is 2.85.